The number of hydrogen-bond donors (Lipinski definition) is 2. The highest BCUT2D eigenvalue weighted by Crippen LogP contribution is 2.29. The molecule has 1 fully saturated rings. The molecule has 0 radical (unpaired) electrons. The molecule has 0 spiro atoms. The molecule has 1 unspecified atom stereocenters. The quantitative estimate of drug-likeness (QED) is 0.326. The van der Waals surface area contributed by atoms with E-state index in [1.165, 1.54) is 17.4 Å². The molecule has 2 rings (SSSR count). The van der Waals surface area contributed by atoms with E-state index in [1.54, 1.807) is 6.08 Å². The monoisotopic (exact) mass is 440 g/mol. The number of nitrogens with zero attached hydrogens (tertiary/aromatic N) is 2. The van der Waals surface area contributed by atoms with Gasteiger partial charge in [0.2, 0.25) is 9.70 Å². The number of hydrogen-bond acceptors (Lipinski definition) is 4. The Morgan fingerprint density at radius 1 is 1.32 bits per heavy atom. The highest BCUT2D eigenvalue weighted by molar-refractivity contribution is 7.80. The zero-order valence-electron chi connectivity index (χ0n) is 13.5. The van der Waals surface area contributed by atoms with Gasteiger partial charge < -0.3 is 20.4 Å². The number of carbonyl (C=O) groups excluding carboxylic acids is 1. The summed E-state index contributed by atoms with van der Waals surface area (Å²) in [5, 5.41) is 7.97. The standard InChI is InChI=1S/C15H19Cl3N4OS2/c1-21-6-8-22(9-7-21)14(24)20-13(15(16,17)18)19-12(23)5-4-11-3-2-10-25-11/h2-5,10,13H,6-9H2,1H3,(H,19,23)(H,20,24). The third-order valence-electron chi connectivity index (χ3n) is 3.61. The summed E-state index contributed by atoms with van der Waals surface area (Å²) in [5.74, 6) is -0.376. The molecule has 0 bridgehead atoms. The van der Waals surface area contributed by atoms with Crippen molar-refractivity contribution in [1.82, 2.24) is 20.4 Å². The van der Waals surface area contributed by atoms with E-state index >= 15 is 0 Å². The Morgan fingerprint density at radius 3 is 2.56 bits per heavy atom. The van der Waals surface area contributed by atoms with Crippen molar-refractivity contribution in [2.24, 2.45) is 0 Å². The fraction of sp³-hybridized carbons (Fsp3) is 0.467. The number of piperazine rings is 1. The molecule has 1 aromatic heterocycles. The molecule has 2 heterocycles. The lowest BCUT2D eigenvalue weighted by Crippen LogP contribution is -2.59. The third-order valence-corrected chi connectivity index (χ3v) is 5.48. The minimum Gasteiger partial charge on any atom is -0.347 e. The Bertz CT molecular complexity index is 611. The molecule has 1 saturated heterocycles. The minimum absolute atomic E-state index is 0.376. The van der Waals surface area contributed by atoms with Gasteiger partial charge in [-0.15, -0.1) is 11.3 Å². The van der Waals surface area contributed by atoms with Gasteiger partial charge in [0.05, 0.1) is 0 Å². The van der Waals surface area contributed by atoms with Crippen LogP contribution in [0.4, 0.5) is 0 Å². The van der Waals surface area contributed by atoms with Gasteiger partial charge in [-0.1, -0.05) is 40.9 Å². The predicted octanol–water partition coefficient (Wildman–Crippen LogP) is 2.70. The average Bonchev–Trinajstić information content (AvgIpc) is 3.05. The van der Waals surface area contributed by atoms with E-state index in [-0.39, 0.29) is 5.91 Å². The Morgan fingerprint density at radius 2 is 2.00 bits per heavy atom. The molecule has 1 aliphatic rings. The lowest BCUT2D eigenvalue weighted by Gasteiger charge is -2.36. The van der Waals surface area contributed by atoms with Gasteiger partial charge >= 0.3 is 0 Å². The molecule has 1 aliphatic heterocycles. The molecular formula is C15H19Cl3N4OS2. The molecule has 10 heteroatoms. The Hall–Kier alpha value is -0.570. The van der Waals surface area contributed by atoms with Gasteiger partial charge in [0, 0.05) is 37.1 Å². The fourth-order valence-corrected chi connectivity index (χ4v) is 3.40. The maximum atomic E-state index is 12.1. The number of nitrogens with one attached hydrogen (secondary N) is 2. The summed E-state index contributed by atoms with van der Waals surface area (Å²) in [4.78, 5) is 17.3. The van der Waals surface area contributed by atoms with E-state index in [1.807, 2.05) is 22.4 Å². The smallest absolute Gasteiger partial charge is 0.245 e. The van der Waals surface area contributed by atoms with Gasteiger partial charge in [0.25, 0.3) is 0 Å². The van der Waals surface area contributed by atoms with Crippen LogP contribution in [0.2, 0.25) is 0 Å². The number of alkyl halides is 3. The minimum atomic E-state index is -1.75. The van der Waals surface area contributed by atoms with Crippen LogP contribution in [0.3, 0.4) is 0 Å². The zero-order chi connectivity index (χ0) is 18.4. The Balaban J connectivity index is 1.94. The molecular weight excluding hydrogens is 423 g/mol. The van der Waals surface area contributed by atoms with Gasteiger partial charge in [-0.2, -0.15) is 0 Å². The first kappa shape index (κ1) is 20.7. The number of thiocarbonyl (C=S) groups is 1. The van der Waals surface area contributed by atoms with Crippen molar-refractivity contribution in [2.45, 2.75) is 9.96 Å². The predicted molar refractivity (Wildman–Crippen MR) is 110 cm³/mol. The van der Waals surface area contributed by atoms with E-state index in [0.717, 1.165) is 31.1 Å². The molecule has 0 saturated carbocycles. The Labute approximate surface area is 171 Å². The molecule has 138 valence electrons. The van der Waals surface area contributed by atoms with Crippen LogP contribution in [-0.2, 0) is 4.79 Å². The second-order valence-electron chi connectivity index (χ2n) is 5.57. The number of halogens is 3. The van der Waals surface area contributed by atoms with Crippen molar-refractivity contribution in [3.05, 3.63) is 28.5 Å². The number of amides is 1. The lowest BCUT2D eigenvalue weighted by molar-refractivity contribution is -0.117. The van der Waals surface area contributed by atoms with Crippen molar-refractivity contribution in [3.8, 4) is 0 Å². The fourth-order valence-electron chi connectivity index (χ4n) is 2.16. The van der Waals surface area contributed by atoms with Gasteiger partial charge in [0.15, 0.2) is 5.11 Å². The van der Waals surface area contributed by atoms with Crippen LogP contribution in [-0.4, -0.2) is 64.0 Å². The van der Waals surface area contributed by atoms with Gasteiger partial charge in [-0.3, -0.25) is 4.79 Å². The largest absolute Gasteiger partial charge is 0.347 e. The summed E-state index contributed by atoms with van der Waals surface area (Å²) < 4.78 is -1.75. The van der Waals surface area contributed by atoms with Gasteiger partial charge in [-0.05, 0) is 36.8 Å². The topological polar surface area (TPSA) is 47.6 Å². The molecule has 25 heavy (non-hydrogen) atoms. The molecule has 5 nitrogen and oxygen atoms in total. The molecule has 2 N–H and O–H groups in total. The van der Waals surface area contributed by atoms with Crippen molar-refractivity contribution >= 4 is 75.5 Å². The third kappa shape index (κ3) is 6.92. The van der Waals surface area contributed by atoms with Gasteiger partial charge in [-0.25, -0.2) is 0 Å². The van der Waals surface area contributed by atoms with Crippen molar-refractivity contribution in [1.29, 1.82) is 0 Å². The number of carbonyl (C=O) groups is 1. The molecule has 0 aliphatic carbocycles. The normalized spacial score (nSPS) is 17.5. The van der Waals surface area contributed by atoms with Crippen LogP contribution in [0.25, 0.3) is 6.08 Å². The van der Waals surface area contributed by atoms with Crippen LogP contribution >= 0.6 is 58.4 Å². The van der Waals surface area contributed by atoms with Crippen LogP contribution < -0.4 is 10.6 Å². The van der Waals surface area contributed by atoms with Crippen LogP contribution in [0.15, 0.2) is 23.6 Å². The highest BCUT2D eigenvalue weighted by atomic mass is 35.6. The van der Waals surface area contributed by atoms with Crippen LogP contribution in [0.1, 0.15) is 4.88 Å². The molecule has 0 aromatic carbocycles. The van der Waals surface area contributed by atoms with Crippen molar-refractivity contribution in [2.75, 3.05) is 33.2 Å². The van der Waals surface area contributed by atoms with E-state index in [9.17, 15) is 4.79 Å². The van der Waals surface area contributed by atoms with E-state index < -0.39 is 9.96 Å². The molecule has 1 amide bonds. The maximum absolute atomic E-state index is 12.1. The van der Waals surface area contributed by atoms with Crippen LogP contribution in [0.5, 0.6) is 0 Å². The first-order chi connectivity index (χ1) is 11.8. The average molecular weight is 442 g/mol. The van der Waals surface area contributed by atoms with E-state index in [2.05, 4.69) is 22.6 Å². The zero-order valence-corrected chi connectivity index (χ0v) is 17.4. The summed E-state index contributed by atoms with van der Waals surface area (Å²) in [6.45, 7) is 3.36. The van der Waals surface area contributed by atoms with Crippen LogP contribution in [0, 0.1) is 0 Å². The maximum Gasteiger partial charge on any atom is 0.245 e. The number of likely N-dealkylation sites (N-methyl/N-ethyl adjacent to an activating group) is 1. The molecule has 1 aromatic rings. The van der Waals surface area contributed by atoms with Crippen molar-refractivity contribution < 1.29 is 4.79 Å². The Kier molecular flexibility index (Phi) is 7.79. The van der Waals surface area contributed by atoms with Gasteiger partial charge in [0.1, 0.15) is 6.17 Å². The highest BCUT2D eigenvalue weighted by Gasteiger charge is 2.35. The second-order valence-corrected chi connectivity index (χ2v) is 9.31. The summed E-state index contributed by atoms with van der Waals surface area (Å²) >= 11 is 24.9. The van der Waals surface area contributed by atoms with E-state index in [0.29, 0.717) is 5.11 Å². The lowest BCUT2D eigenvalue weighted by atomic mass is 10.3. The molecule has 1 atom stereocenters. The summed E-state index contributed by atoms with van der Waals surface area (Å²) in [6.07, 6.45) is 2.16. The second kappa shape index (κ2) is 9.39. The summed E-state index contributed by atoms with van der Waals surface area (Å²) in [7, 11) is 2.05. The first-order valence-corrected chi connectivity index (χ1v) is 10.0. The summed E-state index contributed by atoms with van der Waals surface area (Å²) in [5.41, 5.74) is 0. The van der Waals surface area contributed by atoms with E-state index in [4.69, 9.17) is 47.0 Å². The SMILES string of the molecule is CN1CCN(C(=S)NC(NC(=O)C=Cc2cccs2)C(Cl)(Cl)Cl)CC1. The number of rotatable bonds is 4. The summed E-state index contributed by atoms with van der Waals surface area (Å²) in [6, 6.07) is 3.81. The van der Waals surface area contributed by atoms with Crippen molar-refractivity contribution in [3.63, 3.8) is 0 Å². The first-order valence-electron chi connectivity index (χ1n) is 7.58. The number of thiophene rings is 1.